The molecule has 0 aliphatic rings. The number of carboxylic acids is 1. The van der Waals surface area contributed by atoms with Gasteiger partial charge in [0.25, 0.3) is 0 Å². The maximum absolute atomic E-state index is 10.7. The van der Waals surface area contributed by atoms with E-state index in [1.807, 2.05) is 31.2 Å². The van der Waals surface area contributed by atoms with Crippen LogP contribution in [0.2, 0.25) is 0 Å². The van der Waals surface area contributed by atoms with Gasteiger partial charge >= 0.3 is 5.97 Å². The summed E-state index contributed by atoms with van der Waals surface area (Å²) < 4.78 is 7.48. The van der Waals surface area contributed by atoms with Gasteiger partial charge in [0, 0.05) is 13.0 Å². The van der Waals surface area contributed by atoms with Crippen LogP contribution < -0.4 is 9.30 Å². The number of carboxylic acid groups (broad SMARTS) is 1. The first-order chi connectivity index (χ1) is 10.5. The molecule has 2 rings (SSSR count). The average Bonchev–Trinajstić information content (AvgIpc) is 2.48. The lowest BCUT2D eigenvalue weighted by Crippen LogP contribution is -2.38. The summed E-state index contributed by atoms with van der Waals surface area (Å²) >= 11 is 0. The minimum atomic E-state index is -0.859. The normalized spacial score (nSPS) is 10.5. The third kappa shape index (κ3) is 3.97. The number of aliphatic carboxylic acids is 1. The number of hydrogen-bond acceptors (Lipinski definition) is 3. The van der Waals surface area contributed by atoms with Gasteiger partial charge in [-0.3, -0.25) is 4.79 Å². The fraction of sp³-hybridized carbons (Fsp3) is 0.294. The van der Waals surface area contributed by atoms with Gasteiger partial charge in [0.15, 0.2) is 18.5 Å². The standard InChI is InChI=1S/C17H19NO4/c1-12-3-5-14(6-4-12)11-22-17-13(2)18(9-7-15(17)19)10-8-16(20)21/h3-7,9H,8,10-11H2,1-2H3,(H,20,21)/p+1. The van der Waals surface area contributed by atoms with Crippen LogP contribution in [0.1, 0.15) is 23.2 Å². The number of aromatic nitrogens is 1. The van der Waals surface area contributed by atoms with E-state index in [0.717, 1.165) is 5.56 Å². The minimum Gasteiger partial charge on any atom is -0.504 e. The van der Waals surface area contributed by atoms with Crippen LogP contribution in [0.4, 0.5) is 0 Å². The first-order valence-corrected chi connectivity index (χ1v) is 7.09. The summed E-state index contributed by atoms with van der Waals surface area (Å²) in [5.41, 5.74) is 2.88. The number of nitrogens with zero attached hydrogens (tertiary/aromatic N) is 1. The molecule has 2 aromatic rings. The SMILES string of the molecule is Cc1ccc(COc2c(O)cc[n+](CCC(=O)O)c2C)cc1. The molecule has 116 valence electrons. The van der Waals surface area contributed by atoms with Crippen LogP contribution in [0.5, 0.6) is 11.5 Å². The fourth-order valence-corrected chi connectivity index (χ4v) is 2.14. The Balaban J connectivity index is 2.13. The molecular formula is C17H20NO4+. The second-order valence-corrected chi connectivity index (χ2v) is 5.23. The van der Waals surface area contributed by atoms with Crippen LogP contribution in [0, 0.1) is 13.8 Å². The van der Waals surface area contributed by atoms with Crippen molar-refractivity contribution in [2.45, 2.75) is 33.4 Å². The molecule has 22 heavy (non-hydrogen) atoms. The van der Waals surface area contributed by atoms with E-state index in [1.54, 1.807) is 17.7 Å². The third-order valence-electron chi connectivity index (χ3n) is 3.47. The number of hydrogen-bond donors (Lipinski definition) is 2. The molecule has 0 atom stereocenters. The molecule has 0 radical (unpaired) electrons. The number of aromatic hydroxyl groups is 1. The van der Waals surface area contributed by atoms with Gasteiger partial charge in [-0.15, -0.1) is 0 Å². The maximum Gasteiger partial charge on any atom is 0.309 e. The number of pyridine rings is 1. The van der Waals surface area contributed by atoms with E-state index < -0.39 is 5.97 Å². The van der Waals surface area contributed by atoms with Gasteiger partial charge in [-0.05, 0) is 12.5 Å². The smallest absolute Gasteiger partial charge is 0.309 e. The van der Waals surface area contributed by atoms with Gasteiger partial charge in [0.2, 0.25) is 11.4 Å². The number of aryl methyl sites for hydroxylation is 2. The molecule has 2 N–H and O–H groups in total. The molecular weight excluding hydrogens is 282 g/mol. The lowest BCUT2D eigenvalue weighted by molar-refractivity contribution is -0.702. The molecule has 0 aliphatic heterocycles. The van der Waals surface area contributed by atoms with Crippen LogP contribution in [-0.4, -0.2) is 16.2 Å². The summed E-state index contributed by atoms with van der Waals surface area (Å²) in [5.74, 6) is -0.424. The Labute approximate surface area is 129 Å². The van der Waals surface area contributed by atoms with E-state index in [-0.39, 0.29) is 12.2 Å². The Hall–Kier alpha value is -2.56. The highest BCUT2D eigenvalue weighted by Crippen LogP contribution is 2.27. The highest BCUT2D eigenvalue weighted by atomic mass is 16.5. The number of benzene rings is 1. The monoisotopic (exact) mass is 302 g/mol. The lowest BCUT2D eigenvalue weighted by atomic mass is 10.2. The first kappa shape index (κ1) is 15.8. The summed E-state index contributed by atoms with van der Waals surface area (Å²) in [6.45, 7) is 4.50. The van der Waals surface area contributed by atoms with Crippen molar-refractivity contribution in [2.24, 2.45) is 0 Å². The molecule has 0 fully saturated rings. The van der Waals surface area contributed by atoms with Crippen LogP contribution in [-0.2, 0) is 17.9 Å². The Morgan fingerprint density at radius 3 is 2.50 bits per heavy atom. The summed E-state index contributed by atoms with van der Waals surface area (Å²) in [7, 11) is 0. The highest BCUT2D eigenvalue weighted by Gasteiger charge is 2.18. The molecule has 5 nitrogen and oxygen atoms in total. The first-order valence-electron chi connectivity index (χ1n) is 7.09. The van der Waals surface area contributed by atoms with Crippen molar-refractivity contribution < 1.29 is 24.3 Å². The van der Waals surface area contributed by atoms with Crippen LogP contribution in [0.3, 0.4) is 0 Å². The molecule has 5 heteroatoms. The van der Waals surface area contributed by atoms with E-state index in [4.69, 9.17) is 9.84 Å². The molecule has 0 aliphatic carbocycles. The van der Waals surface area contributed by atoms with Gasteiger partial charge in [0.1, 0.15) is 13.0 Å². The van der Waals surface area contributed by atoms with Crippen molar-refractivity contribution >= 4 is 5.97 Å². The van der Waals surface area contributed by atoms with Crippen LogP contribution in [0.15, 0.2) is 36.5 Å². The zero-order chi connectivity index (χ0) is 16.1. The number of ether oxygens (including phenoxy) is 1. The van der Waals surface area contributed by atoms with Gasteiger partial charge in [0.05, 0.1) is 0 Å². The minimum absolute atomic E-state index is 0.0215. The molecule has 1 aromatic heterocycles. The van der Waals surface area contributed by atoms with Crippen LogP contribution in [0.25, 0.3) is 0 Å². The second kappa shape index (κ2) is 6.93. The largest absolute Gasteiger partial charge is 0.504 e. The van der Waals surface area contributed by atoms with Crippen molar-refractivity contribution in [1.29, 1.82) is 0 Å². The van der Waals surface area contributed by atoms with Crippen molar-refractivity contribution in [3.8, 4) is 11.5 Å². The average molecular weight is 302 g/mol. The zero-order valence-electron chi connectivity index (χ0n) is 12.7. The summed E-state index contributed by atoms with van der Waals surface area (Å²) in [6.07, 6.45) is 1.68. The Bertz CT molecular complexity index is 665. The molecule has 0 bridgehead atoms. The summed E-state index contributed by atoms with van der Waals surface area (Å²) in [6, 6.07) is 9.47. The Morgan fingerprint density at radius 1 is 1.18 bits per heavy atom. The molecule has 0 unspecified atom stereocenters. The molecule has 0 saturated carbocycles. The van der Waals surface area contributed by atoms with E-state index in [2.05, 4.69) is 0 Å². The van der Waals surface area contributed by atoms with Crippen molar-refractivity contribution in [3.05, 3.63) is 53.3 Å². The van der Waals surface area contributed by atoms with Crippen molar-refractivity contribution in [3.63, 3.8) is 0 Å². The number of rotatable bonds is 6. The van der Waals surface area contributed by atoms with Gasteiger partial charge < -0.3 is 14.9 Å². The zero-order valence-corrected chi connectivity index (χ0v) is 12.7. The Morgan fingerprint density at radius 2 is 1.86 bits per heavy atom. The predicted molar refractivity (Wildman–Crippen MR) is 80.8 cm³/mol. The quantitative estimate of drug-likeness (QED) is 0.804. The van der Waals surface area contributed by atoms with Gasteiger partial charge in [-0.25, -0.2) is 0 Å². The Kier molecular flexibility index (Phi) is 4.99. The van der Waals surface area contributed by atoms with E-state index in [1.165, 1.54) is 11.6 Å². The topological polar surface area (TPSA) is 70.6 Å². The summed E-state index contributed by atoms with van der Waals surface area (Å²) in [4.78, 5) is 10.7. The maximum atomic E-state index is 10.7. The predicted octanol–water partition coefficient (Wildman–Crippen LogP) is 2.35. The second-order valence-electron chi connectivity index (χ2n) is 5.23. The highest BCUT2D eigenvalue weighted by molar-refractivity contribution is 5.66. The van der Waals surface area contributed by atoms with Crippen molar-refractivity contribution in [1.82, 2.24) is 0 Å². The lowest BCUT2D eigenvalue weighted by Gasteiger charge is -2.10. The van der Waals surface area contributed by atoms with Gasteiger partial charge in [-0.1, -0.05) is 29.8 Å². The molecule has 1 heterocycles. The van der Waals surface area contributed by atoms with Crippen LogP contribution >= 0.6 is 0 Å². The van der Waals surface area contributed by atoms with E-state index in [9.17, 15) is 9.90 Å². The van der Waals surface area contributed by atoms with Crippen molar-refractivity contribution in [2.75, 3.05) is 0 Å². The van der Waals surface area contributed by atoms with Gasteiger partial charge in [-0.2, -0.15) is 4.57 Å². The van der Waals surface area contributed by atoms with E-state index >= 15 is 0 Å². The molecule has 0 spiro atoms. The molecule has 0 amide bonds. The summed E-state index contributed by atoms with van der Waals surface area (Å²) in [5, 5.41) is 18.7. The molecule has 0 saturated heterocycles. The molecule has 1 aromatic carbocycles. The fourth-order valence-electron chi connectivity index (χ4n) is 2.14. The number of carbonyl (C=O) groups is 1. The van der Waals surface area contributed by atoms with E-state index in [0.29, 0.717) is 24.6 Å². The third-order valence-corrected chi connectivity index (χ3v) is 3.47.